The third-order valence-electron chi connectivity index (χ3n) is 5.40. The smallest absolute Gasteiger partial charge is 0.410 e. The number of likely N-dealkylation sites (tertiary alicyclic amines) is 1. The van der Waals surface area contributed by atoms with E-state index in [0.717, 1.165) is 31.5 Å². The number of rotatable bonds is 4. The number of guanidine groups is 1. The zero-order chi connectivity index (χ0) is 19.6. The van der Waals surface area contributed by atoms with E-state index in [9.17, 15) is 4.79 Å². The monoisotopic (exact) mass is 507 g/mol. The topological polar surface area (TPSA) is 60.4 Å². The second-order valence-electron chi connectivity index (χ2n) is 9.63. The summed E-state index contributed by atoms with van der Waals surface area (Å²) in [6.45, 7) is 17.9. The molecule has 7 nitrogen and oxygen atoms in total. The molecule has 3 aliphatic heterocycles. The van der Waals surface area contributed by atoms with E-state index in [2.05, 4.69) is 29.0 Å². The van der Waals surface area contributed by atoms with Gasteiger partial charge in [-0.15, -0.1) is 24.0 Å². The average molecular weight is 507 g/mol. The number of fused-ring (bicyclic) bond motifs is 1. The molecule has 0 aromatic heterocycles. The van der Waals surface area contributed by atoms with Gasteiger partial charge in [-0.2, -0.15) is 0 Å². The van der Waals surface area contributed by atoms with Crippen molar-refractivity contribution in [2.45, 2.75) is 52.7 Å². The summed E-state index contributed by atoms with van der Waals surface area (Å²) in [7, 11) is 0. The van der Waals surface area contributed by atoms with Gasteiger partial charge in [-0.1, -0.05) is 13.8 Å². The number of carbonyl (C=O) groups is 1. The lowest BCUT2D eigenvalue weighted by atomic mass is 10.1. The van der Waals surface area contributed by atoms with Crippen LogP contribution in [0, 0.1) is 11.8 Å². The highest BCUT2D eigenvalue weighted by Gasteiger charge is 2.36. The van der Waals surface area contributed by atoms with Crippen LogP contribution < -0.4 is 5.32 Å². The van der Waals surface area contributed by atoms with Crippen LogP contribution in [-0.4, -0.2) is 90.8 Å². The van der Waals surface area contributed by atoms with Crippen LogP contribution in [0.25, 0.3) is 0 Å². The van der Waals surface area contributed by atoms with Gasteiger partial charge in [-0.25, -0.2) is 4.79 Å². The van der Waals surface area contributed by atoms with E-state index in [1.54, 1.807) is 0 Å². The summed E-state index contributed by atoms with van der Waals surface area (Å²) in [5.74, 6) is 2.46. The van der Waals surface area contributed by atoms with E-state index >= 15 is 0 Å². The van der Waals surface area contributed by atoms with Gasteiger partial charge in [-0.05, 0) is 45.6 Å². The van der Waals surface area contributed by atoms with Crippen molar-refractivity contribution < 1.29 is 9.53 Å². The Balaban J connectivity index is 0.00000280. The maximum absolute atomic E-state index is 12.3. The fourth-order valence-electron chi connectivity index (χ4n) is 4.22. The minimum absolute atomic E-state index is 0. The van der Waals surface area contributed by atoms with Crippen LogP contribution in [0.3, 0.4) is 0 Å². The first-order chi connectivity index (χ1) is 12.7. The highest BCUT2D eigenvalue weighted by atomic mass is 127. The molecule has 0 aromatic rings. The molecule has 2 atom stereocenters. The zero-order valence-corrected chi connectivity index (χ0v) is 20.4. The fourth-order valence-corrected chi connectivity index (χ4v) is 4.22. The Morgan fingerprint density at radius 2 is 2.00 bits per heavy atom. The standard InChI is InChI=1S/C20H37N5O2.HI/c1-15(2)12-23-7-6-16(13-23)10-21-18-22-11-17-14-24(8-9-25(17)18)19(26)27-20(3,4)5;/h15-17H,6-14H2,1-5H3,(H,21,22);1H. The predicted octanol–water partition coefficient (Wildman–Crippen LogP) is 2.46. The SMILES string of the molecule is CC(C)CN1CCC(CNC2=NCC3CN(C(=O)OC(C)(C)C)CCN23)C1.I. The van der Waals surface area contributed by atoms with Gasteiger partial charge in [-0.3, -0.25) is 4.99 Å². The summed E-state index contributed by atoms with van der Waals surface area (Å²) in [4.78, 5) is 23.8. The summed E-state index contributed by atoms with van der Waals surface area (Å²) >= 11 is 0. The Labute approximate surface area is 187 Å². The van der Waals surface area contributed by atoms with Gasteiger partial charge < -0.3 is 24.8 Å². The molecule has 0 radical (unpaired) electrons. The van der Waals surface area contributed by atoms with Gasteiger partial charge in [0.05, 0.1) is 12.6 Å². The number of hydrogen-bond donors (Lipinski definition) is 1. The number of ether oxygens (including phenoxy) is 1. The van der Waals surface area contributed by atoms with E-state index in [-0.39, 0.29) is 36.1 Å². The minimum Gasteiger partial charge on any atom is -0.444 e. The van der Waals surface area contributed by atoms with E-state index < -0.39 is 5.60 Å². The fraction of sp³-hybridized carbons (Fsp3) is 0.900. The molecular weight excluding hydrogens is 469 g/mol. The van der Waals surface area contributed by atoms with Crippen LogP contribution in [-0.2, 0) is 4.74 Å². The van der Waals surface area contributed by atoms with Crippen LogP contribution in [0.15, 0.2) is 4.99 Å². The lowest BCUT2D eigenvalue weighted by Crippen LogP contribution is -2.57. The second kappa shape index (κ2) is 9.82. The summed E-state index contributed by atoms with van der Waals surface area (Å²) in [6, 6.07) is 0.273. The largest absolute Gasteiger partial charge is 0.444 e. The van der Waals surface area contributed by atoms with Crippen molar-refractivity contribution >= 4 is 36.0 Å². The first kappa shape index (κ1) is 23.5. The van der Waals surface area contributed by atoms with Crippen molar-refractivity contribution in [3.8, 4) is 0 Å². The number of nitrogens with zero attached hydrogens (tertiary/aromatic N) is 4. The molecule has 1 N–H and O–H groups in total. The van der Waals surface area contributed by atoms with Crippen LogP contribution in [0.5, 0.6) is 0 Å². The van der Waals surface area contributed by atoms with E-state index in [4.69, 9.17) is 9.73 Å². The average Bonchev–Trinajstić information content (AvgIpc) is 3.16. The second-order valence-corrected chi connectivity index (χ2v) is 9.63. The Morgan fingerprint density at radius 3 is 2.68 bits per heavy atom. The number of hydrogen-bond acceptors (Lipinski definition) is 6. The number of amides is 1. The first-order valence-corrected chi connectivity index (χ1v) is 10.5. The predicted molar refractivity (Wildman–Crippen MR) is 123 cm³/mol. The zero-order valence-electron chi connectivity index (χ0n) is 18.1. The molecule has 28 heavy (non-hydrogen) atoms. The van der Waals surface area contributed by atoms with Crippen LogP contribution in [0.4, 0.5) is 4.79 Å². The summed E-state index contributed by atoms with van der Waals surface area (Å²) in [5.41, 5.74) is -0.447. The van der Waals surface area contributed by atoms with Crippen LogP contribution in [0.1, 0.15) is 41.0 Å². The van der Waals surface area contributed by atoms with Crippen LogP contribution >= 0.6 is 24.0 Å². The number of carbonyl (C=O) groups excluding carboxylic acids is 1. The maximum atomic E-state index is 12.3. The summed E-state index contributed by atoms with van der Waals surface area (Å²) in [5, 5.41) is 3.59. The summed E-state index contributed by atoms with van der Waals surface area (Å²) < 4.78 is 5.52. The van der Waals surface area contributed by atoms with Gasteiger partial charge in [0.15, 0.2) is 5.96 Å². The normalized spacial score (nSPS) is 25.4. The van der Waals surface area contributed by atoms with E-state index in [1.807, 2.05) is 25.7 Å². The molecule has 3 aliphatic rings. The molecule has 0 bridgehead atoms. The highest BCUT2D eigenvalue weighted by molar-refractivity contribution is 14.0. The molecule has 0 spiro atoms. The Hall–Kier alpha value is -0.770. The minimum atomic E-state index is -0.447. The Kier molecular flexibility index (Phi) is 8.25. The third-order valence-corrected chi connectivity index (χ3v) is 5.40. The molecule has 0 aromatic carbocycles. The number of nitrogens with one attached hydrogen (secondary N) is 1. The number of halogens is 1. The van der Waals surface area contributed by atoms with Gasteiger partial charge in [0, 0.05) is 39.3 Å². The van der Waals surface area contributed by atoms with Crippen molar-refractivity contribution in [3.63, 3.8) is 0 Å². The van der Waals surface area contributed by atoms with Gasteiger partial charge in [0.25, 0.3) is 0 Å². The van der Waals surface area contributed by atoms with Gasteiger partial charge >= 0.3 is 6.09 Å². The Morgan fingerprint density at radius 1 is 1.25 bits per heavy atom. The highest BCUT2D eigenvalue weighted by Crippen LogP contribution is 2.20. The molecular formula is C20H38IN5O2. The molecule has 0 aliphatic carbocycles. The van der Waals surface area contributed by atoms with Crippen molar-refractivity contribution in [2.75, 3.05) is 52.4 Å². The number of aliphatic imine (C=N–C) groups is 1. The molecule has 8 heteroatoms. The van der Waals surface area contributed by atoms with Crippen molar-refractivity contribution in [2.24, 2.45) is 16.8 Å². The molecule has 1 amide bonds. The van der Waals surface area contributed by atoms with E-state index in [1.165, 1.54) is 26.1 Å². The number of piperazine rings is 1. The van der Waals surface area contributed by atoms with Gasteiger partial charge in [0.2, 0.25) is 0 Å². The van der Waals surface area contributed by atoms with Crippen molar-refractivity contribution in [1.82, 2.24) is 20.0 Å². The molecule has 162 valence electrons. The maximum Gasteiger partial charge on any atom is 0.410 e. The summed E-state index contributed by atoms with van der Waals surface area (Å²) in [6.07, 6.45) is 1.06. The van der Waals surface area contributed by atoms with Crippen molar-refractivity contribution in [3.05, 3.63) is 0 Å². The lowest BCUT2D eigenvalue weighted by molar-refractivity contribution is 0.0137. The van der Waals surface area contributed by atoms with Crippen molar-refractivity contribution in [1.29, 1.82) is 0 Å². The lowest BCUT2D eigenvalue weighted by Gasteiger charge is -2.39. The molecule has 3 heterocycles. The molecule has 2 unspecified atom stereocenters. The van der Waals surface area contributed by atoms with Crippen LogP contribution in [0.2, 0.25) is 0 Å². The third kappa shape index (κ3) is 6.37. The first-order valence-electron chi connectivity index (χ1n) is 10.5. The molecule has 0 saturated carbocycles. The Bertz CT molecular complexity index is 563. The van der Waals surface area contributed by atoms with Gasteiger partial charge in [0.1, 0.15) is 5.60 Å². The molecule has 2 saturated heterocycles. The quantitative estimate of drug-likeness (QED) is 0.593. The molecule has 3 rings (SSSR count). The van der Waals surface area contributed by atoms with E-state index in [0.29, 0.717) is 19.0 Å². The molecule has 2 fully saturated rings.